The lowest BCUT2D eigenvalue weighted by Crippen LogP contribution is -2.27. The lowest BCUT2D eigenvalue weighted by Gasteiger charge is -2.24. The van der Waals surface area contributed by atoms with E-state index < -0.39 is 5.97 Å². The monoisotopic (exact) mass is 310 g/mol. The summed E-state index contributed by atoms with van der Waals surface area (Å²) in [6.07, 6.45) is 0. The molecule has 0 saturated carbocycles. The Morgan fingerprint density at radius 2 is 2.25 bits per heavy atom. The predicted molar refractivity (Wildman–Crippen MR) is 82.0 cm³/mol. The van der Waals surface area contributed by atoms with Gasteiger partial charge in [-0.2, -0.15) is 0 Å². The highest BCUT2D eigenvalue weighted by molar-refractivity contribution is 7.10. The molecule has 0 fully saturated rings. The van der Waals surface area contributed by atoms with Gasteiger partial charge in [0.1, 0.15) is 11.0 Å². The number of rotatable bonds is 5. The summed E-state index contributed by atoms with van der Waals surface area (Å²) in [5.41, 5.74) is 0.0584. The van der Waals surface area contributed by atoms with E-state index in [0.29, 0.717) is 12.4 Å². The molecule has 0 aromatic carbocycles. The van der Waals surface area contributed by atoms with E-state index >= 15 is 0 Å². The molecular formula is C14H15ClN2O2S. The van der Waals surface area contributed by atoms with Crippen LogP contribution in [0.4, 0.5) is 5.82 Å². The number of carbonyl (C=O) groups is 1. The second-order valence-electron chi connectivity index (χ2n) is 5.08. The van der Waals surface area contributed by atoms with Crippen molar-refractivity contribution in [2.45, 2.75) is 19.3 Å². The van der Waals surface area contributed by atoms with Gasteiger partial charge in [-0.25, -0.2) is 9.78 Å². The third-order valence-electron chi connectivity index (χ3n) is 2.94. The Balaban J connectivity index is 2.13. The van der Waals surface area contributed by atoms with Crippen molar-refractivity contribution >= 4 is 34.7 Å². The number of carboxylic acids is 1. The number of nitrogens with zero attached hydrogens (tertiary/aromatic N) is 1. The van der Waals surface area contributed by atoms with Crippen LogP contribution in [0.5, 0.6) is 0 Å². The van der Waals surface area contributed by atoms with Gasteiger partial charge in [0.15, 0.2) is 0 Å². The number of nitrogens with one attached hydrogen (secondary N) is 1. The number of hydrogen-bond acceptors (Lipinski definition) is 4. The molecule has 20 heavy (non-hydrogen) atoms. The van der Waals surface area contributed by atoms with Gasteiger partial charge >= 0.3 is 5.97 Å². The molecule has 0 saturated heterocycles. The third kappa shape index (κ3) is 3.49. The van der Waals surface area contributed by atoms with Gasteiger partial charge < -0.3 is 10.4 Å². The average Bonchev–Trinajstić information content (AvgIpc) is 2.90. The molecule has 2 rings (SSSR count). The van der Waals surface area contributed by atoms with Crippen LogP contribution in [0.2, 0.25) is 5.15 Å². The van der Waals surface area contributed by atoms with E-state index in [-0.39, 0.29) is 16.1 Å². The van der Waals surface area contributed by atoms with Crippen LogP contribution in [0, 0.1) is 0 Å². The van der Waals surface area contributed by atoms with Crippen molar-refractivity contribution in [2.24, 2.45) is 0 Å². The molecule has 106 valence electrons. The molecule has 2 aromatic rings. The molecule has 0 radical (unpaired) electrons. The molecule has 0 atom stereocenters. The Morgan fingerprint density at radius 1 is 1.50 bits per heavy atom. The summed E-state index contributed by atoms with van der Waals surface area (Å²) in [7, 11) is 0. The Bertz CT molecular complexity index is 612. The Labute approximate surface area is 126 Å². The van der Waals surface area contributed by atoms with Gasteiger partial charge in [-0.3, -0.25) is 0 Å². The van der Waals surface area contributed by atoms with Gasteiger partial charge in [-0.15, -0.1) is 11.3 Å². The van der Waals surface area contributed by atoms with Crippen molar-refractivity contribution in [3.63, 3.8) is 0 Å². The van der Waals surface area contributed by atoms with Gasteiger partial charge in [-0.05, 0) is 23.6 Å². The lowest BCUT2D eigenvalue weighted by atomic mass is 9.91. The summed E-state index contributed by atoms with van der Waals surface area (Å²) in [6.45, 7) is 4.88. The van der Waals surface area contributed by atoms with Crippen LogP contribution in [0.3, 0.4) is 0 Å². The molecule has 4 nitrogen and oxygen atoms in total. The first-order valence-corrected chi connectivity index (χ1v) is 7.33. The number of pyridine rings is 1. The summed E-state index contributed by atoms with van der Waals surface area (Å²) in [5.74, 6) is -0.547. The summed E-state index contributed by atoms with van der Waals surface area (Å²) in [5, 5.41) is 14.4. The summed E-state index contributed by atoms with van der Waals surface area (Å²) in [4.78, 5) is 16.3. The van der Waals surface area contributed by atoms with Crippen molar-refractivity contribution in [3.8, 4) is 0 Å². The minimum atomic E-state index is -1.02. The van der Waals surface area contributed by atoms with Crippen molar-refractivity contribution < 1.29 is 9.90 Å². The van der Waals surface area contributed by atoms with Crippen LogP contribution in [-0.4, -0.2) is 22.6 Å². The number of aromatic carboxylic acids is 1. The van der Waals surface area contributed by atoms with Gasteiger partial charge in [0.05, 0.1) is 5.56 Å². The van der Waals surface area contributed by atoms with E-state index in [4.69, 9.17) is 16.7 Å². The van der Waals surface area contributed by atoms with Crippen molar-refractivity contribution in [3.05, 3.63) is 45.2 Å². The zero-order valence-corrected chi connectivity index (χ0v) is 12.8. The molecule has 0 aliphatic heterocycles. The zero-order valence-electron chi connectivity index (χ0n) is 11.2. The number of thiophene rings is 1. The Kier molecular flexibility index (Phi) is 4.30. The topological polar surface area (TPSA) is 62.2 Å². The number of carboxylic acid groups (broad SMARTS) is 1. The van der Waals surface area contributed by atoms with Crippen molar-refractivity contribution in [2.75, 3.05) is 11.9 Å². The van der Waals surface area contributed by atoms with Gasteiger partial charge in [0, 0.05) is 16.8 Å². The first-order chi connectivity index (χ1) is 9.38. The fourth-order valence-corrected chi connectivity index (χ4v) is 2.83. The van der Waals surface area contributed by atoms with E-state index in [0.717, 1.165) is 0 Å². The normalized spacial score (nSPS) is 11.3. The number of aromatic nitrogens is 1. The Hall–Kier alpha value is -1.59. The largest absolute Gasteiger partial charge is 0.478 e. The molecule has 6 heteroatoms. The minimum Gasteiger partial charge on any atom is -0.478 e. The summed E-state index contributed by atoms with van der Waals surface area (Å²) < 4.78 is 0. The standard InChI is InChI=1S/C14H15ClN2O2S/c1-14(2,10-4-3-5-20-10)8-16-12-7-9(13(18)19)6-11(15)17-12/h3-7H,8H2,1-2H3,(H,16,17)(H,18,19). The third-order valence-corrected chi connectivity index (χ3v) is 4.37. The lowest BCUT2D eigenvalue weighted by molar-refractivity contribution is 0.0697. The zero-order chi connectivity index (χ0) is 14.8. The first-order valence-electron chi connectivity index (χ1n) is 6.07. The highest BCUT2D eigenvalue weighted by Crippen LogP contribution is 2.28. The van der Waals surface area contributed by atoms with Gasteiger partial charge in [0.25, 0.3) is 0 Å². The molecule has 0 amide bonds. The number of anilines is 1. The number of halogens is 1. The fraction of sp³-hybridized carbons (Fsp3) is 0.286. The van der Waals surface area contributed by atoms with Crippen LogP contribution in [0.25, 0.3) is 0 Å². The summed E-state index contributed by atoms with van der Waals surface area (Å²) in [6, 6.07) is 6.92. The van der Waals surface area contributed by atoms with Crippen LogP contribution in [0.1, 0.15) is 29.1 Å². The SMILES string of the molecule is CC(C)(CNc1cc(C(=O)O)cc(Cl)n1)c1cccs1. The molecule has 2 aromatic heterocycles. The first kappa shape index (κ1) is 14.8. The molecule has 2 heterocycles. The van der Waals surface area contributed by atoms with Gasteiger partial charge in [-0.1, -0.05) is 31.5 Å². The molecule has 0 aliphatic rings. The number of hydrogen-bond donors (Lipinski definition) is 2. The summed E-state index contributed by atoms with van der Waals surface area (Å²) >= 11 is 7.53. The molecule has 0 spiro atoms. The van der Waals surface area contributed by atoms with E-state index in [1.165, 1.54) is 17.0 Å². The quantitative estimate of drug-likeness (QED) is 0.823. The minimum absolute atomic E-state index is 0.0679. The maximum Gasteiger partial charge on any atom is 0.335 e. The molecule has 0 bridgehead atoms. The average molecular weight is 311 g/mol. The second-order valence-corrected chi connectivity index (χ2v) is 6.42. The highest BCUT2D eigenvalue weighted by Gasteiger charge is 2.21. The van der Waals surface area contributed by atoms with Crippen molar-refractivity contribution in [1.82, 2.24) is 4.98 Å². The van der Waals surface area contributed by atoms with E-state index in [1.807, 2.05) is 11.4 Å². The fourth-order valence-electron chi connectivity index (χ4n) is 1.77. The highest BCUT2D eigenvalue weighted by atomic mass is 35.5. The second kappa shape index (κ2) is 5.81. The molecular weight excluding hydrogens is 296 g/mol. The Morgan fingerprint density at radius 3 is 2.85 bits per heavy atom. The van der Waals surface area contributed by atoms with Gasteiger partial charge in [0.2, 0.25) is 0 Å². The van der Waals surface area contributed by atoms with Crippen LogP contribution in [0.15, 0.2) is 29.6 Å². The molecule has 0 unspecified atom stereocenters. The predicted octanol–water partition coefficient (Wildman–Crippen LogP) is 3.88. The maximum absolute atomic E-state index is 11.0. The van der Waals surface area contributed by atoms with E-state index in [1.54, 1.807) is 11.3 Å². The van der Waals surface area contributed by atoms with Crippen LogP contribution < -0.4 is 5.32 Å². The molecule has 2 N–H and O–H groups in total. The van der Waals surface area contributed by atoms with Crippen LogP contribution >= 0.6 is 22.9 Å². The smallest absolute Gasteiger partial charge is 0.335 e. The van der Waals surface area contributed by atoms with Crippen molar-refractivity contribution in [1.29, 1.82) is 0 Å². The van der Waals surface area contributed by atoms with E-state index in [2.05, 4.69) is 30.2 Å². The van der Waals surface area contributed by atoms with Crippen LogP contribution in [-0.2, 0) is 5.41 Å². The maximum atomic E-state index is 11.0. The molecule has 0 aliphatic carbocycles. The van der Waals surface area contributed by atoms with E-state index in [9.17, 15) is 4.79 Å².